The van der Waals surface area contributed by atoms with E-state index in [0.29, 0.717) is 11.1 Å². The minimum atomic E-state index is -0.659. The summed E-state index contributed by atoms with van der Waals surface area (Å²) in [5, 5.41) is 5.18. The minimum absolute atomic E-state index is 0.0158. The third-order valence-corrected chi connectivity index (χ3v) is 4.62. The van der Waals surface area contributed by atoms with Crippen LogP contribution in [0.4, 0.5) is 14.5 Å². The van der Waals surface area contributed by atoms with Crippen molar-refractivity contribution in [2.75, 3.05) is 11.9 Å². The van der Waals surface area contributed by atoms with Gasteiger partial charge < -0.3 is 15.4 Å². The van der Waals surface area contributed by atoms with E-state index < -0.39 is 23.5 Å². The molecule has 0 aliphatic carbocycles. The number of ketones is 1. The molecular formula is C22H20F2N2O4. The van der Waals surface area contributed by atoms with E-state index in [-0.39, 0.29) is 41.7 Å². The van der Waals surface area contributed by atoms with Gasteiger partial charge in [0, 0.05) is 35.9 Å². The molecule has 8 heteroatoms. The molecule has 2 N–H and O–H groups in total. The molecule has 2 amide bonds. The molecule has 2 aromatic rings. The van der Waals surface area contributed by atoms with Crippen LogP contribution in [0.25, 0.3) is 0 Å². The van der Waals surface area contributed by atoms with E-state index in [4.69, 9.17) is 4.74 Å². The van der Waals surface area contributed by atoms with Crippen LogP contribution in [0.15, 0.2) is 48.2 Å². The van der Waals surface area contributed by atoms with E-state index in [0.717, 1.165) is 0 Å². The zero-order valence-electron chi connectivity index (χ0n) is 16.4. The summed E-state index contributed by atoms with van der Waals surface area (Å²) in [6.45, 7) is 2.62. The molecule has 1 heterocycles. The lowest BCUT2D eigenvalue weighted by atomic mass is 9.86. The standard InChI is InChI=1S/C22H20F2N2O4/c1-12-6-18(24)20(30-11-13(2)27)9-19(12)26-22(29)17-10-25-21(28)8-16(17)14-4-3-5-15(23)7-14/h3-7,9-10,16H,8,11H2,1-2H3,(H,25,28)(H,26,29). The lowest BCUT2D eigenvalue weighted by molar-refractivity contribution is -0.121. The highest BCUT2D eigenvalue weighted by atomic mass is 19.1. The summed E-state index contributed by atoms with van der Waals surface area (Å²) in [6, 6.07) is 8.19. The number of nitrogens with one attached hydrogen (secondary N) is 2. The molecule has 6 nitrogen and oxygen atoms in total. The average molecular weight is 414 g/mol. The number of carbonyl (C=O) groups is 3. The molecule has 30 heavy (non-hydrogen) atoms. The molecule has 0 spiro atoms. The molecule has 1 atom stereocenters. The van der Waals surface area contributed by atoms with Crippen LogP contribution in [-0.4, -0.2) is 24.2 Å². The monoisotopic (exact) mass is 414 g/mol. The van der Waals surface area contributed by atoms with Gasteiger partial charge in [-0.2, -0.15) is 0 Å². The Morgan fingerprint density at radius 1 is 1.23 bits per heavy atom. The number of anilines is 1. The lowest BCUT2D eigenvalue weighted by Gasteiger charge is -2.24. The number of carbonyl (C=O) groups excluding carboxylic acids is 3. The number of amides is 2. The molecular weight excluding hydrogens is 394 g/mol. The first-order valence-electron chi connectivity index (χ1n) is 9.23. The van der Waals surface area contributed by atoms with Crippen LogP contribution >= 0.6 is 0 Å². The second kappa shape index (κ2) is 8.86. The number of Topliss-reactive ketones (excluding diaryl/α,β-unsaturated/α-hetero) is 1. The van der Waals surface area contributed by atoms with Gasteiger partial charge in [0.25, 0.3) is 5.91 Å². The third-order valence-electron chi connectivity index (χ3n) is 4.62. The summed E-state index contributed by atoms with van der Waals surface area (Å²) >= 11 is 0. The van der Waals surface area contributed by atoms with Gasteiger partial charge in [-0.15, -0.1) is 0 Å². The van der Waals surface area contributed by atoms with Gasteiger partial charge in [-0.3, -0.25) is 14.4 Å². The van der Waals surface area contributed by atoms with Crippen molar-refractivity contribution in [1.29, 1.82) is 0 Å². The zero-order valence-corrected chi connectivity index (χ0v) is 16.4. The first-order valence-corrected chi connectivity index (χ1v) is 9.23. The van der Waals surface area contributed by atoms with E-state index in [9.17, 15) is 23.2 Å². The van der Waals surface area contributed by atoms with Crippen molar-refractivity contribution in [1.82, 2.24) is 5.32 Å². The lowest BCUT2D eigenvalue weighted by Crippen LogP contribution is -2.32. The Bertz CT molecular complexity index is 1050. The van der Waals surface area contributed by atoms with E-state index in [1.54, 1.807) is 13.0 Å². The van der Waals surface area contributed by atoms with Crippen molar-refractivity contribution in [2.45, 2.75) is 26.2 Å². The van der Waals surface area contributed by atoms with Gasteiger partial charge in [0.1, 0.15) is 12.4 Å². The van der Waals surface area contributed by atoms with Gasteiger partial charge in [0.2, 0.25) is 5.91 Å². The maximum absolute atomic E-state index is 14.1. The molecule has 0 fully saturated rings. The molecule has 0 saturated carbocycles. The summed E-state index contributed by atoms with van der Waals surface area (Å²) < 4.78 is 32.9. The predicted molar refractivity (Wildman–Crippen MR) is 106 cm³/mol. The van der Waals surface area contributed by atoms with Crippen LogP contribution < -0.4 is 15.4 Å². The Morgan fingerprint density at radius 2 is 2.00 bits per heavy atom. The van der Waals surface area contributed by atoms with E-state index >= 15 is 0 Å². The number of halogens is 2. The maximum Gasteiger partial charge on any atom is 0.253 e. The largest absolute Gasteiger partial charge is 0.483 e. The second-order valence-corrected chi connectivity index (χ2v) is 7.02. The van der Waals surface area contributed by atoms with Crippen molar-refractivity contribution in [3.8, 4) is 5.75 Å². The zero-order chi connectivity index (χ0) is 21.8. The van der Waals surface area contributed by atoms with Gasteiger partial charge in [-0.1, -0.05) is 12.1 Å². The van der Waals surface area contributed by atoms with E-state index in [1.807, 2.05) is 0 Å². The molecule has 0 bridgehead atoms. The molecule has 0 radical (unpaired) electrons. The summed E-state index contributed by atoms with van der Waals surface area (Å²) in [5.41, 5.74) is 1.46. The van der Waals surface area contributed by atoms with Crippen molar-refractivity contribution < 1.29 is 27.9 Å². The van der Waals surface area contributed by atoms with Crippen molar-refractivity contribution in [3.05, 3.63) is 70.9 Å². The van der Waals surface area contributed by atoms with E-state index in [1.165, 1.54) is 43.5 Å². The highest BCUT2D eigenvalue weighted by molar-refractivity contribution is 6.06. The number of hydrogen-bond donors (Lipinski definition) is 2. The predicted octanol–water partition coefficient (Wildman–Crippen LogP) is 3.37. The number of aryl methyl sites for hydroxylation is 1. The first kappa shape index (κ1) is 21.2. The van der Waals surface area contributed by atoms with Crippen LogP contribution in [0.5, 0.6) is 5.75 Å². The molecule has 0 aromatic heterocycles. The molecule has 2 aromatic carbocycles. The number of benzene rings is 2. The molecule has 1 aliphatic heterocycles. The summed E-state index contributed by atoms with van der Waals surface area (Å²) in [6.07, 6.45) is 1.28. The normalized spacial score (nSPS) is 15.8. The quantitative estimate of drug-likeness (QED) is 0.759. The Morgan fingerprint density at radius 3 is 2.70 bits per heavy atom. The Labute approximate surface area is 171 Å². The topological polar surface area (TPSA) is 84.5 Å². The smallest absolute Gasteiger partial charge is 0.253 e. The van der Waals surface area contributed by atoms with Crippen molar-refractivity contribution in [3.63, 3.8) is 0 Å². The fraction of sp³-hybridized carbons (Fsp3) is 0.227. The highest BCUT2D eigenvalue weighted by Crippen LogP contribution is 2.32. The number of hydrogen-bond acceptors (Lipinski definition) is 4. The van der Waals surface area contributed by atoms with Crippen LogP contribution in [0.2, 0.25) is 0 Å². The average Bonchev–Trinajstić information content (AvgIpc) is 2.68. The molecule has 3 rings (SSSR count). The number of ether oxygens (including phenoxy) is 1. The summed E-state index contributed by atoms with van der Waals surface area (Å²) in [7, 11) is 0. The van der Waals surface area contributed by atoms with E-state index in [2.05, 4.69) is 10.6 Å². The summed E-state index contributed by atoms with van der Waals surface area (Å²) in [5.74, 6) is -3.03. The molecule has 1 unspecified atom stereocenters. The van der Waals surface area contributed by atoms with Crippen molar-refractivity contribution in [2.24, 2.45) is 0 Å². The minimum Gasteiger partial charge on any atom is -0.483 e. The Hall–Kier alpha value is -3.55. The van der Waals surface area contributed by atoms with Gasteiger partial charge >= 0.3 is 0 Å². The highest BCUT2D eigenvalue weighted by Gasteiger charge is 2.29. The van der Waals surface area contributed by atoms with Crippen LogP contribution in [0, 0.1) is 18.6 Å². The van der Waals surface area contributed by atoms with Gasteiger partial charge in [-0.25, -0.2) is 8.78 Å². The molecule has 1 aliphatic rings. The SMILES string of the molecule is CC(=O)COc1cc(NC(=O)C2=CNC(=O)CC2c2cccc(F)c2)c(C)cc1F. The van der Waals surface area contributed by atoms with Gasteiger partial charge in [0.05, 0.1) is 0 Å². The number of rotatable bonds is 6. The van der Waals surface area contributed by atoms with Gasteiger partial charge in [0.15, 0.2) is 17.3 Å². The maximum atomic E-state index is 14.1. The fourth-order valence-corrected chi connectivity index (χ4v) is 3.13. The second-order valence-electron chi connectivity index (χ2n) is 7.02. The Kier molecular flexibility index (Phi) is 6.25. The fourth-order valence-electron chi connectivity index (χ4n) is 3.13. The van der Waals surface area contributed by atoms with Gasteiger partial charge in [-0.05, 0) is 43.2 Å². The van der Waals surface area contributed by atoms with Crippen molar-refractivity contribution >= 4 is 23.3 Å². The third kappa shape index (κ3) is 4.89. The Balaban J connectivity index is 1.87. The summed E-state index contributed by atoms with van der Waals surface area (Å²) in [4.78, 5) is 35.9. The van der Waals surface area contributed by atoms with Crippen LogP contribution in [0.3, 0.4) is 0 Å². The first-order chi connectivity index (χ1) is 14.2. The molecule has 0 saturated heterocycles. The molecule has 156 valence electrons. The van der Waals surface area contributed by atoms with Crippen LogP contribution in [0.1, 0.15) is 30.4 Å². The van der Waals surface area contributed by atoms with Crippen LogP contribution in [-0.2, 0) is 14.4 Å².